The molecular weight excluding hydrogens is 322 g/mol. The summed E-state index contributed by atoms with van der Waals surface area (Å²) in [4.78, 5) is 14.7. The second-order valence-corrected chi connectivity index (χ2v) is 5.05. The molecule has 104 valence electrons. The molecule has 0 amide bonds. The minimum absolute atomic E-state index is 0.0917. The van der Waals surface area contributed by atoms with Crippen molar-refractivity contribution < 1.29 is 4.92 Å². The summed E-state index contributed by atoms with van der Waals surface area (Å²) in [7, 11) is 0. The van der Waals surface area contributed by atoms with E-state index < -0.39 is 0 Å². The van der Waals surface area contributed by atoms with Crippen LogP contribution in [0.2, 0.25) is 0 Å². The van der Waals surface area contributed by atoms with Gasteiger partial charge in [0.15, 0.2) is 0 Å². The van der Waals surface area contributed by atoms with Crippen LogP contribution in [0.25, 0.3) is 0 Å². The van der Waals surface area contributed by atoms with E-state index in [-0.39, 0.29) is 10.6 Å². The van der Waals surface area contributed by atoms with Crippen molar-refractivity contribution in [3.05, 3.63) is 68.4 Å². The van der Waals surface area contributed by atoms with Gasteiger partial charge in [0.05, 0.1) is 9.40 Å². The quantitative estimate of drug-likeness (QED) is 0.500. The van der Waals surface area contributed by atoms with E-state index in [0.29, 0.717) is 11.0 Å². The number of halogens is 1. The van der Waals surface area contributed by atoms with Crippen LogP contribution in [-0.4, -0.2) is 16.5 Å². The molecule has 0 aliphatic rings. The molecule has 5 nitrogen and oxygen atoms in total. The Morgan fingerprint density at radius 3 is 2.80 bits per heavy atom. The lowest BCUT2D eigenvalue weighted by Gasteiger charge is -2.07. The van der Waals surface area contributed by atoms with Gasteiger partial charge >= 0.3 is 0 Å². The number of rotatable bonds is 6. The Morgan fingerprint density at radius 1 is 1.25 bits per heavy atom. The predicted octanol–water partition coefficient (Wildman–Crippen LogP) is 3.08. The van der Waals surface area contributed by atoms with Gasteiger partial charge in [-0.3, -0.25) is 15.1 Å². The maximum Gasteiger partial charge on any atom is 0.283 e. The Bertz CT molecular complexity index is 590. The van der Waals surface area contributed by atoms with E-state index in [0.717, 1.165) is 24.2 Å². The third-order valence-electron chi connectivity index (χ3n) is 2.85. The number of nitrogens with one attached hydrogen (secondary N) is 1. The molecule has 0 unspecified atom stereocenters. The van der Waals surface area contributed by atoms with Gasteiger partial charge in [-0.05, 0) is 33.6 Å². The van der Waals surface area contributed by atoms with Gasteiger partial charge < -0.3 is 5.32 Å². The van der Waals surface area contributed by atoms with Crippen molar-refractivity contribution in [1.82, 2.24) is 10.3 Å². The summed E-state index contributed by atoms with van der Waals surface area (Å²) in [5, 5.41) is 14.1. The number of aromatic nitrogens is 1. The minimum atomic E-state index is -0.387. The van der Waals surface area contributed by atoms with E-state index in [2.05, 4.69) is 26.2 Å². The zero-order valence-corrected chi connectivity index (χ0v) is 12.3. The zero-order valence-electron chi connectivity index (χ0n) is 10.8. The zero-order chi connectivity index (χ0) is 14.4. The van der Waals surface area contributed by atoms with Gasteiger partial charge in [-0.15, -0.1) is 0 Å². The number of nitro benzene ring substituents is 1. The summed E-state index contributed by atoms with van der Waals surface area (Å²) in [6.07, 6.45) is 2.60. The Hall–Kier alpha value is -1.79. The van der Waals surface area contributed by atoms with E-state index in [1.807, 2.05) is 24.3 Å². The van der Waals surface area contributed by atoms with Gasteiger partial charge in [-0.1, -0.05) is 18.2 Å². The average Bonchev–Trinajstić information content (AvgIpc) is 2.46. The van der Waals surface area contributed by atoms with Crippen molar-refractivity contribution >= 4 is 21.6 Å². The number of pyridine rings is 1. The molecule has 0 saturated heterocycles. The molecule has 0 aliphatic heterocycles. The molecule has 1 heterocycles. The molecule has 0 atom stereocenters. The molecule has 1 N–H and O–H groups in total. The van der Waals surface area contributed by atoms with Crippen LogP contribution in [0.3, 0.4) is 0 Å². The summed E-state index contributed by atoms with van der Waals surface area (Å²) in [6.45, 7) is 1.35. The SMILES string of the molecule is O=[N+]([O-])c1cccc(CNCCc2ccccn2)c1Br. The Morgan fingerprint density at radius 2 is 2.10 bits per heavy atom. The molecule has 1 aromatic carbocycles. The highest BCUT2D eigenvalue weighted by molar-refractivity contribution is 9.10. The maximum absolute atomic E-state index is 10.8. The second-order valence-electron chi connectivity index (χ2n) is 4.26. The predicted molar refractivity (Wildman–Crippen MR) is 80.4 cm³/mol. The van der Waals surface area contributed by atoms with E-state index in [9.17, 15) is 10.1 Å². The summed E-state index contributed by atoms with van der Waals surface area (Å²) in [5.41, 5.74) is 1.99. The molecule has 2 rings (SSSR count). The van der Waals surface area contributed by atoms with E-state index in [1.54, 1.807) is 12.3 Å². The smallest absolute Gasteiger partial charge is 0.283 e. The summed E-state index contributed by atoms with van der Waals surface area (Å²) in [5.74, 6) is 0. The van der Waals surface area contributed by atoms with Crippen LogP contribution in [0.4, 0.5) is 5.69 Å². The first-order chi connectivity index (χ1) is 9.68. The normalized spacial score (nSPS) is 10.4. The highest BCUT2D eigenvalue weighted by Gasteiger charge is 2.14. The Balaban J connectivity index is 1.88. The molecule has 20 heavy (non-hydrogen) atoms. The molecule has 0 bridgehead atoms. The van der Waals surface area contributed by atoms with Crippen molar-refractivity contribution in [2.45, 2.75) is 13.0 Å². The average molecular weight is 336 g/mol. The summed E-state index contributed by atoms with van der Waals surface area (Å²) in [6, 6.07) is 10.9. The first-order valence-corrected chi connectivity index (χ1v) is 7.00. The highest BCUT2D eigenvalue weighted by atomic mass is 79.9. The number of nitro groups is 1. The van der Waals surface area contributed by atoms with E-state index in [4.69, 9.17) is 0 Å². The molecule has 0 aliphatic carbocycles. The van der Waals surface area contributed by atoms with Gasteiger partial charge in [0.1, 0.15) is 0 Å². The molecule has 2 aromatic rings. The third kappa shape index (κ3) is 3.85. The van der Waals surface area contributed by atoms with Crippen molar-refractivity contribution in [1.29, 1.82) is 0 Å². The van der Waals surface area contributed by atoms with Crippen LogP contribution in [0.5, 0.6) is 0 Å². The lowest BCUT2D eigenvalue weighted by atomic mass is 10.2. The number of hydrogen-bond acceptors (Lipinski definition) is 4. The molecule has 0 radical (unpaired) electrons. The Labute approximate surface area is 125 Å². The lowest BCUT2D eigenvalue weighted by molar-refractivity contribution is -0.385. The number of nitrogens with zero attached hydrogens (tertiary/aromatic N) is 2. The first kappa shape index (κ1) is 14.6. The topological polar surface area (TPSA) is 68.1 Å². The minimum Gasteiger partial charge on any atom is -0.312 e. The van der Waals surface area contributed by atoms with Crippen molar-refractivity contribution in [2.24, 2.45) is 0 Å². The van der Waals surface area contributed by atoms with Gasteiger partial charge in [0, 0.05) is 37.5 Å². The van der Waals surface area contributed by atoms with Crippen molar-refractivity contribution in [2.75, 3.05) is 6.54 Å². The largest absolute Gasteiger partial charge is 0.312 e. The third-order valence-corrected chi connectivity index (χ3v) is 3.77. The first-order valence-electron chi connectivity index (χ1n) is 6.21. The second kappa shape index (κ2) is 7.12. The number of hydrogen-bond donors (Lipinski definition) is 1. The maximum atomic E-state index is 10.8. The van der Waals surface area contributed by atoms with E-state index >= 15 is 0 Å². The summed E-state index contributed by atoms with van der Waals surface area (Å²) >= 11 is 3.28. The van der Waals surface area contributed by atoms with Crippen LogP contribution < -0.4 is 5.32 Å². The van der Waals surface area contributed by atoms with Crippen LogP contribution in [0.1, 0.15) is 11.3 Å². The van der Waals surface area contributed by atoms with Crippen LogP contribution in [-0.2, 0) is 13.0 Å². The monoisotopic (exact) mass is 335 g/mol. The van der Waals surface area contributed by atoms with Crippen LogP contribution in [0, 0.1) is 10.1 Å². The fourth-order valence-corrected chi connectivity index (χ4v) is 2.38. The van der Waals surface area contributed by atoms with Crippen LogP contribution >= 0.6 is 15.9 Å². The summed E-state index contributed by atoms with van der Waals surface area (Å²) < 4.78 is 0.537. The molecular formula is C14H14BrN3O2. The van der Waals surface area contributed by atoms with Crippen molar-refractivity contribution in [3.8, 4) is 0 Å². The fraction of sp³-hybridized carbons (Fsp3) is 0.214. The Kier molecular flexibility index (Phi) is 5.20. The van der Waals surface area contributed by atoms with Gasteiger partial charge in [0.25, 0.3) is 5.69 Å². The standard InChI is InChI=1S/C14H14BrN3O2/c15-14-11(4-3-6-13(14)18(19)20)10-16-9-7-12-5-1-2-8-17-12/h1-6,8,16H,7,9-10H2. The highest BCUT2D eigenvalue weighted by Crippen LogP contribution is 2.27. The van der Waals surface area contributed by atoms with Crippen LogP contribution in [0.15, 0.2) is 47.1 Å². The lowest BCUT2D eigenvalue weighted by Crippen LogP contribution is -2.17. The van der Waals surface area contributed by atoms with E-state index in [1.165, 1.54) is 6.07 Å². The fourth-order valence-electron chi connectivity index (χ4n) is 1.83. The molecule has 0 spiro atoms. The van der Waals surface area contributed by atoms with Crippen molar-refractivity contribution in [3.63, 3.8) is 0 Å². The molecule has 0 fully saturated rings. The van der Waals surface area contributed by atoms with Gasteiger partial charge in [-0.25, -0.2) is 0 Å². The van der Waals surface area contributed by atoms with Gasteiger partial charge in [-0.2, -0.15) is 0 Å². The van der Waals surface area contributed by atoms with Gasteiger partial charge in [0.2, 0.25) is 0 Å². The molecule has 0 saturated carbocycles. The molecule has 6 heteroatoms. The number of benzene rings is 1. The molecule has 1 aromatic heterocycles.